The highest BCUT2D eigenvalue weighted by Crippen LogP contribution is 2.24. The molecule has 0 unspecified atom stereocenters. The van der Waals surface area contributed by atoms with Gasteiger partial charge in [-0.05, 0) is 25.1 Å². The standard InChI is InChI=1S/C14H23N3O2/c1-5-19-9-8-17(4)13-10-11(6-7-12(13)15)14(18)16(2)3/h6-7,10H,5,8-9,15H2,1-4H3. The average molecular weight is 265 g/mol. The summed E-state index contributed by atoms with van der Waals surface area (Å²) in [7, 11) is 5.41. The van der Waals surface area contributed by atoms with E-state index < -0.39 is 0 Å². The molecule has 2 N–H and O–H groups in total. The van der Waals surface area contributed by atoms with Gasteiger partial charge in [0.2, 0.25) is 0 Å². The Morgan fingerprint density at radius 1 is 1.32 bits per heavy atom. The predicted octanol–water partition coefficient (Wildman–Crippen LogP) is 1.44. The van der Waals surface area contributed by atoms with Crippen LogP contribution in [-0.4, -0.2) is 51.7 Å². The van der Waals surface area contributed by atoms with Crippen LogP contribution in [0, 0.1) is 0 Å². The maximum atomic E-state index is 11.9. The number of anilines is 2. The molecule has 0 bridgehead atoms. The summed E-state index contributed by atoms with van der Waals surface area (Å²) in [5, 5.41) is 0. The van der Waals surface area contributed by atoms with Crippen molar-refractivity contribution in [2.45, 2.75) is 6.92 Å². The first kappa shape index (κ1) is 15.3. The minimum Gasteiger partial charge on any atom is -0.397 e. The highest BCUT2D eigenvalue weighted by Gasteiger charge is 2.12. The number of carbonyl (C=O) groups is 1. The first-order chi connectivity index (χ1) is 8.97. The molecule has 19 heavy (non-hydrogen) atoms. The van der Waals surface area contributed by atoms with Crippen molar-refractivity contribution in [3.63, 3.8) is 0 Å². The van der Waals surface area contributed by atoms with Crippen molar-refractivity contribution in [1.29, 1.82) is 0 Å². The molecule has 5 heteroatoms. The Morgan fingerprint density at radius 3 is 2.58 bits per heavy atom. The van der Waals surface area contributed by atoms with Gasteiger partial charge in [-0.2, -0.15) is 0 Å². The minimum absolute atomic E-state index is 0.0283. The van der Waals surface area contributed by atoms with E-state index in [9.17, 15) is 4.79 Å². The minimum atomic E-state index is -0.0283. The summed E-state index contributed by atoms with van der Waals surface area (Å²) in [5.74, 6) is -0.0283. The molecule has 0 heterocycles. The summed E-state index contributed by atoms with van der Waals surface area (Å²) in [4.78, 5) is 15.5. The lowest BCUT2D eigenvalue weighted by atomic mass is 10.1. The molecular formula is C14H23N3O2. The lowest BCUT2D eigenvalue weighted by molar-refractivity contribution is 0.0827. The molecule has 1 aromatic carbocycles. The van der Waals surface area contributed by atoms with Crippen LogP contribution < -0.4 is 10.6 Å². The molecular weight excluding hydrogens is 242 g/mol. The highest BCUT2D eigenvalue weighted by atomic mass is 16.5. The van der Waals surface area contributed by atoms with Gasteiger partial charge in [-0.3, -0.25) is 4.79 Å². The van der Waals surface area contributed by atoms with Crippen LogP contribution in [0.25, 0.3) is 0 Å². The Balaban J connectivity index is 2.87. The van der Waals surface area contributed by atoms with Gasteiger partial charge in [-0.15, -0.1) is 0 Å². The first-order valence-corrected chi connectivity index (χ1v) is 6.37. The number of nitrogen functional groups attached to an aromatic ring is 1. The number of hydrogen-bond acceptors (Lipinski definition) is 4. The third-order valence-corrected chi connectivity index (χ3v) is 2.87. The van der Waals surface area contributed by atoms with E-state index >= 15 is 0 Å². The Bertz CT molecular complexity index is 433. The van der Waals surface area contributed by atoms with E-state index in [4.69, 9.17) is 10.5 Å². The molecule has 0 fully saturated rings. The second kappa shape index (κ2) is 6.99. The molecule has 5 nitrogen and oxygen atoms in total. The quantitative estimate of drug-likeness (QED) is 0.624. The number of rotatable bonds is 6. The number of carbonyl (C=O) groups excluding carboxylic acids is 1. The van der Waals surface area contributed by atoms with Crippen molar-refractivity contribution >= 4 is 17.3 Å². The summed E-state index contributed by atoms with van der Waals surface area (Å²) < 4.78 is 5.32. The van der Waals surface area contributed by atoms with E-state index in [1.54, 1.807) is 31.1 Å². The fourth-order valence-electron chi connectivity index (χ4n) is 1.73. The van der Waals surface area contributed by atoms with Crippen molar-refractivity contribution in [3.05, 3.63) is 23.8 Å². The largest absolute Gasteiger partial charge is 0.397 e. The Morgan fingerprint density at radius 2 is 2.00 bits per heavy atom. The molecule has 1 rings (SSSR count). The summed E-state index contributed by atoms with van der Waals surface area (Å²) in [6, 6.07) is 5.34. The third-order valence-electron chi connectivity index (χ3n) is 2.87. The van der Waals surface area contributed by atoms with Crippen molar-refractivity contribution in [3.8, 4) is 0 Å². The van der Waals surface area contributed by atoms with E-state index in [-0.39, 0.29) is 5.91 Å². The second-order valence-electron chi connectivity index (χ2n) is 4.59. The molecule has 0 aliphatic heterocycles. The lowest BCUT2D eigenvalue weighted by Gasteiger charge is -2.22. The number of hydrogen-bond donors (Lipinski definition) is 1. The van der Waals surface area contributed by atoms with Crippen LogP contribution in [0.15, 0.2) is 18.2 Å². The molecule has 106 valence electrons. The summed E-state index contributed by atoms with van der Waals surface area (Å²) in [5.41, 5.74) is 8.12. The maximum Gasteiger partial charge on any atom is 0.253 e. The molecule has 0 atom stereocenters. The van der Waals surface area contributed by atoms with Crippen molar-refractivity contribution in [2.24, 2.45) is 0 Å². The van der Waals surface area contributed by atoms with Crippen LogP contribution >= 0.6 is 0 Å². The molecule has 0 saturated heterocycles. The van der Waals surface area contributed by atoms with Crippen LogP contribution in [0.1, 0.15) is 17.3 Å². The number of likely N-dealkylation sites (N-methyl/N-ethyl adjacent to an activating group) is 1. The van der Waals surface area contributed by atoms with Crippen molar-refractivity contribution in [1.82, 2.24) is 4.90 Å². The second-order valence-corrected chi connectivity index (χ2v) is 4.59. The molecule has 0 saturated carbocycles. The fraction of sp³-hybridized carbons (Fsp3) is 0.500. The number of benzene rings is 1. The van der Waals surface area contributed by atoms with Crippen LogP contribution in [0.3, 0.4) is 0 Å². The van der Waals surface area contributed by atoms with Gasteiger partial charge < -0.3 is 20.3 Å². The zero-order chi connectivity index (χ0) is 14.4. The van der Waals surface area contributed by atoms with Crippen molar-refractivity contribution < 1.29 is 9.53 Å². The molecule has 0 aromatic heterocycles. The van der Waals surface area contributed by atoms with E-state index in [0.29, 0.717) is 24.5 Å². The molecule has 1 aromatic rings. The van der Waals surface area contributed by atoms with Gasteiger partial charge in [-0.25, -0.2) is 0 Å². The van der Waals surface area contributed by atoms with E-state index in [1.165, 1.54) is 0 Å². The Hall–Kier alpha value is -1.75. The van der Waals surface area contributed by atoms with E-state index in [0.717, 1.165) is 12.2 Å². The zero-order valence-electron chi connectivity index (χ0n) is 12.1. The van der Waals surface area contributed by atoms with Gasteiger partial charge >= 0.3 is 0 Å². The van der Waals surface area contributed by atoms with Crippen LogP contribution in [0.5, 0.6) is 0 Å². The normalized spacial score (nSPS) is 10.3. The third kappa shape index (κ3) is 4.13. The number of ether oxygens (including phenoxy) is 1. The SMILES string of the molecule is CCOCCN(C)c1cc(C(=O)N(C)C)ccc1N. The van der Waals surface area contributed by atoms with E-state index in [2.05, 4.69) is 0 Å². The van der Waals surface area contributed by atoms with Gasteiger partial charge in [-0.1, -0.05) is 0 Å². The first-order valence-electron chi connectivity index (χ1n) is 6.37. The van der Waals surface area contributed by atoms with Gasteiger partial charge in [0.25, 0.3) is 5.91 Å². The fourth-order valence-corrected chi connectivity index (χ4v) is 1.73. The monoisotopic (exact) mass is 265 g/mol. The van der Waals surface area contributed by atoms with Crippen molar-refractivity contribution in [2.75, 3.05) is 51.5 Å². The molecule has 0 aliphatic carbocycles. The average Bonchev–Trinajstić information content (AvgIpc) is 2.38. The topological polar surface area (TPSA) is 58.8 Å². The zero-order valence-corrected chi connectivity index (χ0v) is 12.1. The lowest BCUT2D eigenvalue weighted by Crippen LogP contribution is -2.25. The highest BCUT2D eigenvalue weighted by molar-refractivity contribution is 5.96. The summed E-state index contributed by atoms with van der Waals surface area (Å²) >= 11 is 0. The molecule has 0 radical (unpaired) electrons. The number of nitrogens with zero attached hydrogens (tertiary/aromatic N) is 2. The smallest absolute Gasteiger partial charge is 0.253 e. The van der Waals surface area contributed by atoms with Gasteiger partial charge in [0, 0.05) is 39.9 Å². The maximum absolute atomic E-state index is 11.9. The Kier molecular flexibility index (Phi) is 5.63. The number of nitrogens with two attached hydrogens (primary N) is 1. The molecule has 0 spiro atoms. The summed E-state index contributed by atoms with van der Waals surface area (Å²) in [6.07, 6.45) is 0. The number of amides is 1. The van der Waals surface area contributed by atoms with Gasteiger partial charge in [0.15, 0.2) is 0 Å². The molecule has 0 aliphatic rings. The molecule has 1 amide bonds. The Labute approximate surface area is 114 Å². The van der Waals surface area contributed by atoms with Gasteiger partial charge in [0.05, 0.1) is 18.0 Å². The predicted molar refractivity (Wildman–Crippen MR) is 78.6 cm³/mol. The van der Waals surface area contributed by atoms with Crippen LogP contribution in [0.2, 0.25) is 0 Å². The summed E-state index contributed by atoms with van der Waals surface area (Å²) in [6.45, 7) is 4.03. The van der Waals surface area contributed by atoms with Gasteiger partial charge in [0.1, 0.15) is 0 Å². The van der Waals surface area contributed by atoms with Crippen LogP contribution in [0.4, 0.5) is 11.4 Å². The van der Waals surface area contributed by atoms with Crippen LogP contribution in [-0.2, 0) is 4.74 Å². The van der Waals surface area contributed by atoms with E-state index in [1.807, 2.05) is 24.9 Å².